The lowest BCUT2D eigenvalue weighted by atomic mass is 9.85. The summed E-state index contributed by atoms with van der Waals surface area (Å²) in [7, 11) is 0. The number of halogens is 1. The Morgan fingerprint density at radius 1 is 1.14 bits per heavy atom. The summed E-state index contributed by atoms with van der Waals surface area (Å²) in [5, 5.41) is 9.35. The molecule has 0 heterocycles. The van der Waals surface area contributed by atoms with Crippen molar-refractivity contribution < 1.29 is 14.2 Å². The zero-order valence-electron chi connectivity index (χ0n) is 12.9. The molecule has 112 valence electrons. The molecule has 0 unspecified atom stereocenters. The molecular weight excluding hydrogens is 267 g/mol. The standard InChI is InChI=1S/C18H21FO2/c1-12-8-9-16(14(10-12)18(2,3)4)21-17-13(11-20)6-5-7-15(17)19/h5-10,20H,11H2,1-4H3. The SMILES string of the molecule is Cc1ccc(Oc2c(F)cccc2CO)c(C(C)(C)C)c1. The van der Waals surface area contributed by atoms with Gasteiger partial charge in [0.25, 0.3) is 0 Å². The second-order valence-corrected chi connectivity index (χ2v) is 6.24. The van der Waals surface area contributed by atoms with Crippen molar-refractivity contribution in [2.24, 2.45) is 0 Å². The second kappa shape index (κ2) is 5.86. The number of benzene rings is 2. The summed E-state index contributed by atoms with van der Waals surface area (Å²) >= 11 is 0. The molecule has 2 rings (SSSR count). The molecule has 2 aromatic rings. The average molecular weight is 288 g/mol. The Kier molecular flexibility index (Phi) is 4.33. The van der Waals surface area contributed by atoms with Crippen molar-refractivity contribution in [1.29, 1.82) is 0 Å². The van der Waals surface area contributed by atoms with Crippen molar-refractivity contribution in [1.82, 2.24) is 0 Å². The van der Waals surface area contributed by atoms with E-state index in [-0.39, 0.29) is 17.8 Å². The number of rotatable bonds is 3. The highest BCUT2D eigenvalue weighted by Gasteiger charge is 2.21. The van der Waals surface area contributed by atoms with Gasteiger partial charge in [-0.15, -0.1) is 0 Å². The van der Waals surface area contributed by atoms with Gasteiger partial charge in [0.05, 0.1) is 6.61 Å². The van der Waals surface area contributed by atoms with Gasteiger partial charge < -0.3 is 9.84 Å². The van der Waals surface area contributed by atoms with Crippen LogP contribution in [-0.2, 0) is 12.0 Å². The Labute approximate surface area is 125 Å². The molecule has 0 aliphatic carbocycles. The topological polar surface area (TPSA) is 29.5 Å². The largest absolute Gasteiger partial charge is 0.454 e. The maximum Gasteiger partial charge on any atom is 0.168 e. The third kappa shape index (κ3) is 3.42. The number of ether oxygens (including phenoxy) is 1. The molecule has 21 heavy (non-hydrogen) atoms. The molecule has 0 radical (unpaired) electrons. The van der Waals surface area contributed by atoms with Crippen molar-refractivity contribution in [3.05, 3.63) is 58.9 Å². The summed E-state index contributed by atoms with van der Waals surface area (Å²) in [6.45, 7) is 8.01. The van der Waals surface area contributed by atoms with Crippen LogP contribution in [-0.4, -0.2) is 5.11 Å². The third-order valence-electron chi connectivity index (χ3n) is 3.37. The van der Waals surface area contributed by atoms with Crippen LogP contribution in [0.3, 0.4) is 0 Å². The second-order valence-electron chi connectivity index (χ2n) is 6.24. The molecule has 0 fully saturated rings. The van der Waals surface area contributed by atoms with E-state index in [2.05, 4.69) is 26.8 Å². The van der Waals surface area contributed by atoms with E-state index in [1.54, 1.807) is 12.1 Å². The van der Waals surface area contributed by atoms with E-state index in [1.807, 2.05) is 19.1 Å². The first-order valence-corrected chi connectivity index (χ1v) is 7.00. The highest BCUT2D eigenvalue weighted by molar-refractivity contribution is 5.46. The van der Waals surface area contributed by atoms with Gasteiger partial charge in [0.15, 0.2) is 11.6 Å². The van der Waals surface area contributed by atoms with Crippen molar-refractivity contribution >= 4 is 0 Å². The minimum atomic E-state index is -0.470. The van der Waals surface area contributed by atoms with Crippen LogP contribution in [0.2, 0.25) is 0 Å². The smallest absolute Gasteiger partial charge is 0.168 e. The number of aryl methyl sites for hydroxylation is 1. The maximum absolute atomic E-state index is 14.0. The zero-order chi connectivity index (χ0) is 15.6. The minimum Gasteiger partial charge on any atom is -0.454 e. The Morgan fingerprint density at radius 2 is 1.86 bits per heavy atom. The van der Waals surface area contributed by atoms with Crippen molar-refractivity contribution in [2.75, 3.05) is 0 Å². The number of hydrogen-bond donors (Lipinski definition) is 1. The first-order chi connectivity index (χ1) is 9.82. The highest BCUT2D eigenvalue weighted by Crippen LogP contribution is 2.36. The lowest BCUT2D eigenvalue weighted by Gasteiger charge is -2.24. The Balaban J connectivity index is 2.50. The molecule has 2 nitrogen and oxygen atoms in total. The van der Waals surface area contributed by atoms with Gasteiger partial charge in [-0.25, -0.2) is 4.39 Å². The molecule has 0 saturated heterocycles. The first-order valence-electron chi connectivity index (χ1n) is 7.00. The Morgan fingerprint density at radius 3 is 2.48 bits per heavy atom. The third-order valence-corrected chi connectivity index (χ3v) is 3.37. The summed E-state index contributed by atoms with van der Waals surface area (Å²) in [6.07, 6.45) is 0. The van der Waals surface area contributed by atoms with Crippen LogP contribution in [0.25, 0.3) is 0 Å². The molecule has 0 aromatic heterocycles. The number of para-hydroxylation sites is 1. The summed E-state index contributed by atoms with van der Waals surface area (Å²) in [5.74, 6) is 0.240. The predicted molar refractivity (Wildman–Crippen MR) is 82.3 cm³/mol. The van der Waals surface area contributed by atoms with E-state index in [0.717, 1.165) is 11.1 Å². The van der Waals surface area contributed by atoms with Crippen molar-refractivity contribution in [3.8, 4) is 11.5 Å². The van der Waals surface area contributed by atoms with Crippen LogP contribution in [0.15, 0.2) is 36.4 Å². The van der Waals surface area contributed by atoms with Gasteiger partial charge in [-0.3, -0.25) is 0 Å². The van der Waals surface area contributed by atoms with E-state index in [1.165, 1.54) is 6.07 Å². The fourth-order valence-corrected chi connectivity index (χ4v) is 2.22. The number of aliphatic hydroxyl groups is 1. The lowest BCUT2D eigenvalue weighted by Crippen LogP contribution is -2.13. The van der Waals surface area contributed by atoms with Crippen LogP contribution in [0.5, 0.6) is 11.5 Å². The minimum absolute atomic E-state index is 0.0920. The molecule has 0 atom stereocenters. The van der Waals surface area contributed by atoms with Crippen LogP contribution in [0.1, 0.15) is 37.5 Å². The van der Waals surface area contributed by atoms with Gasteiger partial charge in [-0.2, -0.15) is 0 Å². The van der Waals surface area contributed by atoms with Gasteiger partial charge in [0, 0.05) is 11.1 Å². The number of hydrogen-bond acceptors (Lipinski definition) is 2. The highest BCUT2D eigenvalue weighted by atomic mass is 19.1. The maximum atomic E-state index is 14.0. The fourth-order valence-electron chi connectivity index (χ4n) is 2.22. The normalized spacial score (nSPS) is 11.5. The van der Waals surface area contributed by atoms with Gasteiger partial charge >= 0.3 is 0 Å². The summed E-state index contributed by atoms with van der Waals surface area (Å²) < 4.78 is 19.8. The molecular formula is C18H21FO2. The molecule has 0 aliphatic rings. The van der Waals surface area contributed by atoms with Crippen LogP contribution in [0, 0.1) is 12.7 Å². The van der Waals surface area contributed by atoms with E-state index < -0.39 is 5.82 Å². The van der Waals surface area contributed by atoms with Crippen LogP contribution in [0.4, 0.5) is 4.39 Å². The van der Waals surface area contributed by atoms with Crippen molar-refractivity contribution in [2.45, 2.75) is 39.7 Å². The molecule has 1 N–H and O–H groups in total. The first kappa shape index (κ1) is 15.5. The van der Waals surface area contributed by atoms with E-state index >= 15 is 0 Å². The molecule has 0 bridgehead atoms. The van der Waals surface area contributed by atoms with E-state index in [4.69, 9.17) is 4.74 Å². The van der Waals surface area contributed by atoms with Gasteiger partial charge in [0.1, 0.15) is 5.75 Å². The molecule has 0 amide bonds. The number of aliphatic hydroxyl groups excluding tert-OH is 1. The Bertz CT molecular complexity index is 642. The predicted octanol–water partition coefficient (Wildman–Crippen LogP) is 4.72. The average Bonchev–Trinajstić information content (AvgIpc) is 2.41. The fraction of sp³-hybridized carbons (Fsp3) is 0.333. The summed E-state index contributed by atoms with van der Waals surface area (Å²) in [6, 6.07) is 10.4. The summed E-state index contributed by atoms with van der Waals surface area (Å²) in [4.78, 5) is 0. The molecule has 3 heteroatoms. The Hall–Kier alpha value is -1.87. The monoisotopic (exact) mass is 288 g/mol. The molecule has 0 saturated carbocycles. The lowest BCUT2D eigenvalue weighted by molar-refractivity contribution is 0.274. The van der Waals surface area contributed by atoms with Crippen LogP contribution >= 0.6 is 0 Å². The van der Waals surface area contributed by atoms with E-state index in [0.29, 0.717) is 11.3 Å². The molecule has 0 spiro atoms. The molecule has 2 aromatic carbocycles. The van der Waals surface area contributed by atoms with Gasteiger partial charge in [-0.05, 0) is 24.5 Å². The summed E-state index contributed by atoms with van der Waals surface area (Å²) in [5.41, 5.74) is 2.46. The van der Waals surface area contributed by atoms with Gasteiger partial charge in [-0.1, -0.05) is 50.6 Å². The van der Waals surface area contributed by atoms with E-state index in [9.17, 15) is 9.50 Å². The zero-order valence-corrected chi connectivity index (χ0v) is 12.9. The van der Waals surface area contributed by atoms with Gasteiger partial charge in [0.2, 0.25) is 0 Å². The quantitative estimate of drug-likeness (QED) is 0.885. The van der Waals surface area contributed by atoms with Crippen molar-refractivity contribution in [3.63, 3.8) is 0 Å². The molecule has 0 aliphatic heterocycles. The van der Waals surface area contributed by atoms with Crippen LogP contribution < -0.4 is 4.74 Å².